The second-order valence-electron chi connectivity index (χ2n) is 18.8. The van der Waals surface area contributed by atoms with Crippen LogP contribution in [0.3, 0.4) is 0 Å². The molecule has 1 atom stereocenters. The Morgan fingerprint density at radius 2 is 0.551 bits per heavy atom. The molecule has 6 nitrogen and oxygen atoms in total. The van der Waals surface area contributed by atoms with E-state index in [1.807, 2.05) is 6.08 Å². The Labute approximate surface area is 426 Å². The van der Waals surface area contributed by atoms with Crippen molar-refractivity contribution in [2.75, 3.05) is 13.2 Å². The summed E-state index contributed by atoms with van der Waals surface area (Å²) in [6.45, 7) is 6.51. The van der Waals surface area contributed by atoms with Crippen LogP contribution in [0.25, 0.3) is 0 Å². The van der Waals surface area contributed by atoms with Gasteiger partial charge in [0, 0.05) is 19.3 Å². The van der Waals surface area contributed by atoms with Crippen molar-refractivity contribution in [3.63, 3.8) is 0 Å². The molecule has 0 fully saturated rings. The summed E-state index contributed by atoms with van der Waals surface area (Å²) in [6.07, 6.45) is 75.4. The van der Waals surface area contributed by atoms with Crippen molar-refractivity contribution in [2.24, 2.45) is 0 Å². The molecular formula is C63H106O6. The second-order valence-corrected chi connectivity index (χ2v) is 18.8. The molecule has 0 saturated carbocycles. The summed E-state index contributed by atoms with van der Waals surface area (Å²) in [5.74, 6) is -1.01. The highest BCUT2D eigenvalue weighted by molar-refractivity contribution is 5.71. The van der Waals surface area contributed by atoms with E-state index >= 15 is 0 Å². The highest BCUT2D eigenvalue weighted by Gasteiger charge is 2.19. The Morgan fingerprint density at radius 3 is 0.942 bits per heavy atom. The van der Waals surface area contributed by atoms with Crippen molar-refractivity contribution in [2.45, 2.75) is 271 Å². The average Bonchev–Trinajstić information content (AvgIpc) is 3.35. The predicted molar refractivity (Wildman–Crippen MR) is 297 cm³/mol. The maximum atomic E-state index is 12.8. The van der Waals surface area contributed by atoms with Gasteiger partial charge in [-0.1, -0.05) is 227 Å². The molecular weight excluding hydrogens is 853 g/mol. The smallest absolute Gasteiger partial charge is 0.306 e. The number of carbonyl (C=O) groups excluding carboxylic acids is 3. The molecule has 0 bridgehead atoms. The lowest BCUT2D eigenvalue weighted by atomic mass is 10.1. The van der Waals surface area contributed by atoms with E-state index in [1.165, 1.54) is 128 Å². The van der Waals surface area contributed by atoms with Crippen molar-refractivity contribution >= 4 is 17.9 Å². The first-order valence-corrected chi connectivity index (χ1v) is 28.7. The Bertz CT molecular complexity index is 1380. The number of ether oxygens (including phenoxy) is 3. The normalized spacial score (nSPS) is 12.8. The molecule has 0 amide bonds. The van der Waals surface area contributed by atoms with Crippen molar-refractivity contribution in [1.29, 1.82) is 0 Å². The summed E-state index contributed by atoms with van der Waals surface area (Å²) in [7, 11) is 0. The first-order chi connectivity index (χ1) is 34.0. The van der Waals surface area contributed by atoms with Gasteiger partial charge < -0.3 is 14.2 Å². The minimum Gasteiger partial charge on any atom is -0.462 e. The van der Waals surface area contributed by atoms with Crippen LogP contribution in [0.5, 0.6) is 0 Å². The zero-order chi connectivity index (χ0) is 50.0. The average molecular weight is 960 g/mol. The zero-order valence-electron chi connectivity index (χ0n) is 45.0. The minimum atomic E-state index is -0.816. The molecule has 0 aliphatic carbocycles. The number of carbonyl (C=O) groups is 3. The molecule has 0 heterocycles. The molecule has 0 aliphatic rings. The predicted octanol–water partition coefficient (Wildman–Crippen LogP) is 19.3. The van der Waals surface area contributed by atoms with E-state index in [1.54, 1.807) is 0 Å². The summed E-state index contributed by atoms with van der Waals surface area (Å²) >= 11 is 0. The molecule has 0 aliphatic heterocycles. The van der Waals surface area contributed by atoms with Gasteiger partial charge in [0.25, 0.3) is 0 Å². The fraction of sp³-hybridized carbons (Fsp3) is 0.698. The van der Waals surface area contributed by atoms with Crippen molar-refractivity contribution in [3.8, 4) is 0 Å². The molecule has 0 aromatic carbocycles. The van der Waals surface area contributed by atoms with E-state index in [2.05, 4.69) is 112 Å². The molecule has 69 heavy (non-hydrogen) atoms. The molecule has 0 unspecified atom stereocenters. The highest BCUT2D eigenvalue weighted by atomic mass is 16.6. The van der Waals surface area contributed by atoms with Crippen molar-refractivity contribution in [3.05, 3.63) is 97.2 Å². The van der Waals surface area contributed by atoms with Gasteiger partial charge in [-0.15, -0.1) is 0 Å². The summed E-state index contributed by atoms with van der Waals surface area (Å²) in [5.41, 5.74) is 0. The summed E-state index contributed by atoms with van der Waals surface area (Å²) in [6, 6.07) is 0. The lowest BCUT2D eigenvalue weighted by molar-refractivity contribution is -0.166. The van der Waals surface area contributed by atoms with Crippen LogP contribution in [0.1, 0.15) is 265 Å². The molecule has 0 saturated heterocycles. The van der Waals surface area contributed by atoms with Gasteiger partial charge in [0.15, 0.2) is 6.10 Å². The van der Waals surface area contributed by atoms with E-state index in [0.717, 1.165) is 89.9 Å². The van der Waals surface area contributed by atoms with Crippen LogP contribution in [0.2, 0.25) is 0 Å². The molecule has 6 heteroatoms. The minimum absolute atomic E-state index is 0.108. The lowest BCUT2D eigenvalue weighted by Gasteiger charge is -2.18. The molecule has 0 spiro atoms. The van der Waals surface area contributed by atoms with E-state index < -0.39 is 6.10 Å². The van der Waals surface area contributed by atoms with Crippen LogP contribution < -0.4 is 0 Å². The number of allylic oxidation sites excluding steroid dienone is 16. The maximum absolute atomic E-state index is 12.8. The maximum Gasteiger partial charge on any atom is 0.306 e. The third kappa shape index (κ3) is 55.1. The number of rotatable bonds is 51. The van der Waals surface area contributed by atoms with Gasteiger partial charge in [0.1, 0.15) is 13.2 Å². The van der Waals surface area contributed by atoms with Gasteiger partial charge in [0.2, 0.25) is 0 Å². The lowest BCUT2D eigenvalue weighted by Crippen LogP contribution is -2.30. The number of unbranched alkanes of at least 4 members (excludes halogenated alkanes) is 24. The topological polar surface area (TPSA) is 78.9 Å². The van der Waals surface area contributed by atoms with Crippen molar-refractivity contribution in [1.82, 2.24) is 0 Å². The van der Waals surface area contributed by atoms with Gasteiger partial charge in [-0.2, -0.15) is 0 Å². The van der Waals surface area contributed by atoms with Crippen LogP contribution in [0, 0.1) is 0 Å². The number of esters is 3. The molecule has 0 N–H and O–H groups in total. The fourth-order valence-electron chi connectivity index (χ4n) is 7.68. The van der Waals surface area contributed by atoms with Crippen LogP contribution >= 0.6 is 0 Å². The number of hydrogen-bond acceptors (Lipinski definition) is 6. The molecule has 0 aromatic heterocycles. The summed E-state index contributed by atoms with van der Waals surface area (Å²) in [5, 5.41) is 0. The largest absolute Gasteiger partial charge is 0.462 e. The Balaban J connectivity index is 4.52. The van der Waals surface area contributed by atoms with Crippen LogP contribution in [0.15, 0.2) is 97.2 Å². The first-order valence-electron chi connectivity index (χ1n) is 28.7. The zero-order valence-corrected chi connectivity index (χ0v) is 45.0. The standard InChI is InChI=1S/C63H106O6/c1-4-7-10-13-16-19-22-25-28-30-31-33-36-38-41-44-47-50-53-56-62(65)68-59-60(69-63(66)57-54-51-48-45-42-39-34-27-24-21-18-15-12-9-6-3)58-67-61(64)55-52-49-46-43-40-37-35-32-29-26-23-20-17-14-11-8-5-2/h16-17,19-20,25-29,31,33-34,38,41,47,50,60H,4-15,18,21-24,30,32,35-37,39-40,42-46,48-49,51-59H2,1-3H3/b19-16-,20-17-,28-25-,29-26-,33-31-,34-27-,41-38-,50-47-/t60-/m0/s1. The summed E-state index contributed by atoms with van der Waals surface area (Å²) in [4.78, 5) is 38.1. The molecule has 0 rings (SSSR count). The van der Waals surface area contributed by atoms with Crippen LogP contribution in [-0.4, -0.2) is 37.2 Å². The van der Waals surface area contributed by atoms with Gasteiger partial charge in [0.05, 0.1) is 0 Å². The first kappa shape index (κ1) is 65.3. The van der Waals surface area contributed by atoms with E-state index in [9.17, 15) is 14.4 Å². The van der Waals surface area contributed by atoms with Crippen LogP contribution in [-0.2, 0) is 28.6 Å². The fourth-order valence-corrected chi connectivity index (χ4v) is 7.68. The SMILES string of the molecule is CCCCC/C=C\C/C=C\C/C=C\C/C=C\C/C=C\CCC(=O)OC[C@H](COC(=O)CCCCCCCCC/C=C\C/C=C\CCCCC)OC(=O)CCCCCCC/C=C\CCCCCCCC. The van der Waals surface area contributed by atoms with E-state index in [4.69, 9.17) is 14.2 Å². The Morgan fingerprint density at radius 1 is 0.290 bits per heavy atom. The molecule has 394 valence electrons. The third-order valence-electron chi connectivity index (χ3n) is 12.0. The molecule has 0 aromatic rings. The quantitative estimate of drug-likeness (QED) is 0.0262. The third-order valence-corrected chi connectivity index (χ3v) is 12.0. The van der Waals surface area contributed by atoms with Gasteiger partial charge in [-0.05, 0) is 116 Å². The second kappa shape index (κ2) is 56.9. The van der Waals surface area contributed by atoms with Gasteiger partial charge >= 0.3 is 17.9 Å². The van der Waals surface area contributed by atoms with E-state index in [0.29, 0.717) is 19.3 Å². The Hall–Kier alpha value is -3.67. The van der Waals surface area contributed by atoms with Gasteiger partial charge in [-0.25, -0.2) is 0 Å². The Kier molecular flexibility index (Phi) is 53.9. The highest BCUT2D eigenvalue weighted by Crippen LogP contribution is 2.14. The summed E-state index contributed by atoms with van der Waals surface area (Å²) < 4.78 is 16.8. The van der Waals surface area contributed by atoms with Gasteiger partial charge in [-0.3, -0.25) is 14.4 Å². The molecule has 0 radical (unpaired) electrons. The monoisotopic (exact) mass is 959 g/mol. The van der Waals surface area contributed by atoms with E-state index in [-0.39, 0.29) is 37.5 Å². The van der Waals surface area contributed by atoms with Crippen molar-refractivity contribution < 1.29 is 28.6 Å². The van der Waals surface area contributed by atoms with Crippen LogP contribution in [0.4, 0.5) is 0 Å². The number of hydrogen-bond donors (Lipinski definition) is 0.